The van der Waals surface area contributed by atoms with E-state index >= 15 is 0 Å². The Labute approximate surface area is 126 Å². The van der Waals surface area contributed by atoms with E-state index in [2.05, 4.69) is 10.3 Å². The summed E-state index contributed by atoms with van der Waals surface area (Å²) in [5.74, 6) is -0.992. The van der Waals surface area contributed by atoms with Gasteiger partial charge in [0.25, 0.3) is 0 Å². The number of benzene rings is 2. The Bertz CT molecular complexity index is 781. The second-order valence-corrected chi connectivity index (χ2v) is 4.84. The van der Waals surface area contributed by atoms with E-state index in [0.717, 1.165) is 5.56 Å². The first kappa shape index (κ1) is 13.8. The molecular weight excluding hydrogens is 280 g/mol. The Morgan fingerprint density at radius 1 is 1.09 bits per heavy atom. The molecule has 0 bridgehead atoms. The molecule has 1 aromatic heterocycles. The van der Waals surface area contributed by atoms with Gasteiger partial charge in [-0.3, -0.25) is 0 Å². The highest BCUT2D eigenvalue weighted by atomic mass is 16.4. The van der Waals surface area contributed by atoms with Crippen LogP contribution in [0.4, 0.5) is 5.69 Å². The molecule has 0 amide bonds. The maximum absolute atomic E-state index is 11.7. The molecule has 3 N–H and O–H groups in total. The van der Waals surface area contributed by atoms with Crippen molar-refractivity contribution in [2.45, 2.75) is 6.04 Å². The maximum Gasteiger partial charge on any atom is 0.333 e. The second kappa shape index (κ2) is 5.69. The number of hydrogen-bond acceptors (Lipinski definition) is 4. The van der Waals surface area contributed by atoms with Crippen molar-refractivity contribution in [3.63, 3.8) is 0 Å². The van der Waals surface area contributed by atoms with Crippen LogP contribution in [0.15, 0.2) is 60.8 Å². The molecule has 110 valence electrons. The molecule has 0 aliphatic carbocycles. The highest BCUT2D eigenvalue weighted by Gasteiger charge is 2.25. The molecule has 1 unspecified atom stereocenters. The van der Waals surface area contributed by atoms with Gasteiger partial charge >= 0.3 is 5.97 Å². The average Bonchev–Trinajstić information content (AvgIpc) is 2.98. The van der Waals surface area contributed by atoms with Crippen molar-refractivity contribution in [2.24, 2.45) is 0 Å². The first-order valence-corrected chi connectivity index (χ1v) is 6.70. The summed E-state index contributed by atoms with van der Waals surface area (Å²) < 4.78 is 1.41. The Balaban J connectivity index is 2.09. The predicted octanol–water partition coefficient (Wildman–Crippen LogP) is 2.20. The molecule has 0 saturated heterocycles. The molecule has 6 heteroatoms. The molecule has 0 spiro atoms. The fourth-order valence-electron chi connectivity index (χ4n) is 2.32. The lowest BCUT2D eigenvalue weighted by molar-refractivity contribution is -0.139. The summed E-state index contributed by atoms with van der Waals surface area (Å²) in [7, 11) is 0. The van der Waals surface area contributed by atoms with Gasteiger partial charge in [-0.05, 0) is 17.7 Å². The van der Waals surface area contributed by atoms with Crippen LogP contribution in [0.2, 0.25) is 0 Å². The molecule has 0 aliphatic rings. The lowest BCUT2D eigenvalue weighted by Crippen LogP contribution is -2.22. The predicted molar refractivity (Wildman–Crippen MR) is 82.1 cm³/mol. The minimum atomic E-state index is -0.992. The topological polar surface area (TPSA) is 94.0 Å². The molecular formula is C16H14N4O2. The van der Waals surface area contributed by atoms with Crippen LogP contribution in [0.3, 0.4) is 0 Å². The van der Waals surface area contributed by atoms with Crippen LogP contribution in [-0.4, -0.2) is 26.1 Å². The minimum Gasteiger partial charge on any atom is -0.479 e. The van der Waals surface area contributed by atoms with E-state index in [1.165, 1.54) is 4.68 Å². The van der Waals surface area contributed by atoms with Gasteiger partial charge in [-0.25, -0.2) is 9.48 Å². The van der Waals surface area contributed by atoms with Gasteiger partial charge in [0, 0.05) is 11.3 Å². The van der Waals surface area contributed by atoms with E-state index in [9.17, 15) is 9.90 Å². The van der Waals surface area contributed by atoms with Gasteiger partial charge in [0.2, 0.25) is 0 Å². The van der Waals surface area contributed by atoms with E-state index in [4.69, 9.17) is 5.73 Å². The van der Waals surface area contributed by atoms with Crippen LogP contribution >= 0.6 is 0 Å². The lowest BCUT2D eigenvalue weighted by Gasteiger charge is -2.15. The average molecular weight is 294 g/mol. The van der Waals surface area contributed by atoms with Gasteiger partial charge in [0.05, 0.1) is 11.9 Å². The number of carbonyl (C=O) groups is 1. The molecule has 22 heavy (non-hydrogen) atoms. The van der Waals surface area contributed by atoms with E-state index in [1.807, 2.05) is 18.2 Å². The Hall–Kier alpha value is -3.15. The highest BCUT2D eigenvalue weighted by Crippen LogP contribution is 2.26. The largest absolute Gasteiger partial charge is 0.479 e. The standard InChI is InChI=1S/C16H14N4O2/c17-13-8-6-11(7-9-13)14-10-18-19-20(14)15(16(21)22)12-4-2-1-3-5-12/h1-10,15H,17H2,(H,21,22). The van der Waals surface area contributed by atoms with Crippen LogP contribution in [0.5, 0.6) is 0 Å². The first-order valence-electron chi connectivity index (χ1n) is 6.70. The van der Waals surface area contributed by atoms with Crippen molar-refractivity contribution in [3.8, 4) is 11.3 Å². The van der Waals surface area contributed by atoms with Crippen molar-refractivity contribution in [1.82, 2.24) is 15.0 Å². The van der Waals surface area contributed by atoms with E-state index in [0.29, 0.717) is 16.9 Å². The second-order valence-electron chi connectivity index (χ2n) is 4.84. The zero-order valence-electron chi connectivity index (χ0n) is 11.6. The third-order valence-electron chi connectivity index (χ3n) is 3.38. The van der Waals surface area contributed by atoms with Gasteiger partial charge in [0.1, 0.15) is 0 Å². The lowest BCUT2D eigenvalue weighted by atomic mass is 10.1. The number of nitrogen functional groups attached to an aromatic ring is 1. The normalized spacial score (nSPS) is 12.0. The Morgan fingerprint density at radius 3 is 2.41 bits per heavy atom. The summed E-state index contributed by atoms with van der Waals surface area (Å²) in [5.41, 5.74) is 8.39. The Morgan fingerprint density at radius 2 is 1.77 bits per heavy atom. The number of carboxylic acids is 1. The summed E-state index contributed by atoms with van der Waals surface area (Å²) >= 11 is 0. The van der Waals surface area contributed by atoms with Crippen molar-refractivity contribution < 1.29 is 9.90 Å². The zero-order chi connectivity index (χ0) is 15.5. The number of aliphatic carboxylic acids is 1. The zero-order valence-corrected chi connectivity index (χ0v) is 11.6. The molecule has 2 aromatic carbocycles. The summed E-state index contributed by atoms with van der Waals surface area (Å²) in [6, 6.07) is 15.1. The van der Waals surface area contributed by atoms with Crippen LogP contribution < -0.4 is 5.73 Å². The molecule has 1 heterocycles. The number of rotatable bonds is 4. The Kier molecular flexibility index (Phi) is 3.57. The molecule has 0 aliphatic heterocycles. The summed E-state index contributed by atoms with van der Waals surface area (Å²) in [4.78, 5) is 11.7. The third kappa shape index (κ3) is 2.54. The fourth-order valence-corrected chi connectivity index (χ4v) is 2.32. The summed E-state index contributed by atoms with van der Waals surface area (Å²) in [5, 5.41) is 17.4. The fraction of sp³-hybridized carbons (Fsp3) is 0.0625. The van der Waals surface area contributed by atoms with Gasteiger partial charge in [-0.2, -0.15) is 0 Å². The molecule has 3 aromatic rings. The van der Waals surface area contributed by atoms with Crippen LogP contribution in [-0.2, 0) is 4.79 Å². The van der Waals surface area contributed by atoms with Gasteiger partial charge in [0.15, 0.2) is 6.04 Å². The molecule has 3 rings (SSSR count). The SMILES string of the molecule is Nc1ccc(-c2cnnn2C(C(=O)O)c2ccccc2)cc1. The number of nitrogens with two attached hydrogens (primary N) is 1. The molecule has 6 nitrogen and oxygen atoms in total. The minimum absolute atomic E-state index is 0.622. The first-order chi connectivity index (χ1) is 10.7. The van der Waals surface area contributed by atoms with Crippen LogP contribution in [0, 0.1) is 0 Å². The number of aromatic nitrogens is 3. The smallest absolute Gasteiger partial charge is 0.333 e. The van der Waals surface area contributed by atoms with E-state index in [1.54, 1.807) is 42.6 Å². The van der Waals surface area contributed by atoms with Crippen molar-refractivity contribution in [2.75, 3.05) is 5.73 Å². The van der Waals surface area contributed by atoms with E-state index in [-0.39, 0.29) is 0 Å². The van der Waals surface area contributed by atoms with Crippen LogP contribution in [0.1, 0.15) is 11.6 Å². The molecule has 1 atom stereocenters. The van der Waals surface area contributed by atoms with E-state index < -0.39 is 12.0 Å². The molecule has 0 saturated carbocycles. The number of carboxylic acid groups (broad SMARTS) is 1. The van der Waals surface area contributed by atoms with Gasteiger partial charge < -0.3 is 10.8 Å². The van der Waals surface area contributed by atoms with Gasteiger partial charge in [-0.1, -0.05) is 47.7 Å². The summed E-state index contributed by atoms with van der Waals surface area (Å²) in [6.07, 6.45) is 1.55. The van der Waals surface area contributed by atoms with Crippen molar-refractivity contribution in [3.05, 3.63) is 66.4 Å². The number of hydrogen-bond donors (Lipinski definition) is 2. The quantitative estimate of drug-likeness (QED) is 0.719. The van der Waals surface area contributed by atoms with Crippen molar-refractivity contribution in [1.29, 1.82) is 0 Å². The maximum atomic E-state index is 11.7. The summed E-state index contributed by atoms with van der Waals surface area (Å²) in [6.45, 7) is 0. The number of nitrogens with zero attached hydrogens (tertiary/aromatic N) is 3. The van der Waals surface area contributed by atoms with Gasteiger partial charge in [-0.15, -0.1) is 5.10 Å². The monoisotopic (exact) mass is 294 g/mol. The van der Waals surface area contributed by atoms with Crippen LogP contribution in [0.25, 0.3) is 11.3 Å². The van der Waals surface area contributed by atoms with Crippen molar-refractivity contribution >= 4 is 11.7 Å². The number of anilines is 1. The highest BCUT2D eigenvalue weighted by molar-refractivity contribution is 5.77. The molecule has 0 fully saturated rings. The third-order valence-corrected chi connectivity index (χ3v) is 3.38. The molecule has 0 radical (unpaired) electrons.